The molecule has 6 heteroatoms. The first-order valence-corrected chi connectivity index (χ1v) is 5.91. The summed E-state index contributed by atoms with van der Waals surface area (Å²) in [6, 6.07) is 3.84. The summed E-state index contributed by atoms with van der Waals surface area (Å²) in [7, 11) is 0. The van der Waals surface area contributed by atoms with Crippen LogP contribution < -0.4 is 4.90 Å². The van der Waals surface area contributed by atoms with Crippen molar-refractivity contribution in [2.45, 2.75) is 13.3 Å². The minimum Gasteiger partial charge on any atom is -0.478 e. The maximum absolute atomic E-state index is 11.2. The molecule has 0 saturated carbocycles. The van der Waals surface area contributed by atoms with Gasteiger partial charge in [-0.25, -0.2) is 4.79 Å². The molecule has 0 bridgehead atoms. The highest BCUT2D eigenvalue weighted by molar-refractivity contribution is 5.95. The van der Waals surface area contributed by atoms with Gasteiger partial charge in [-0.3, -0.25) is 10.1 Å². The Balaban J connectivity index is 2.43. The zero-order valence-corrected chi connectivity index (χ0v) is 10.5. The summed E-state index contributed by atoms with van der Waals surface area (Å²) >= 11 is 0. The summed E-state index contributed by atoms with van der Waals surface area (Å²) in [6.45, 7) is 3.26. The number of non-ortho nitro benzene ring substituents is 1. The first-order chi connectivity index (χ1) is 8.99. The highest BCUT2D eigenvalue weighted by Gasteiger charge is 2.20. The van der Waals surface area contributed by atoms with Crippen LogP contribution in [0.2, 0.25) is 0 Å². The topological polar surface area (TPSA) is 83.7 Å². The van der Waals surface area contributed by atoms with E-state index >= 15 is 0 Å². The van der Waals surface area contributed by atoms with E-state index in [0.29, 0.717) is 18.8 Å². The summed E-state index contributed by atoms with van der Waals surface area (Å²) in [4.78, 5) is 23.3. The Kier molecular flexibility index (Phi) is 3.50. The predicted molar refractivity (Wildman–Crippen MR) is 70.6 cm³/mol. The van der Waals surface area contributed by atoms with E-state index in [-0.39, 0.29) is 11.3 Å². The minimum atomic E-state index is -1.07. The smallest absolute Gasteiger partial charge is 0.337 e. The number of nitro groups is 1. The number of benzene rings is 1. The number of hydrogen-bond acceptors (Lipinski definition) is 4. The normalized spacial score (nSPS) is 15.0. The molecule has 19 heavy (non-hydrogen) atoms. The monoisotopic (exact) mass is 262 g/mol. The Morgan fingerprint density at radius 2 is 2.21 bits per heavy atom. The number of nitrogens with zero attached hydrogens (tertiary/aromatic N) is 2. The maximum Gasteiger partial charge on any atom is 0.337 e. The predicted octanol–water partition coefficient (Wildman–Crippen LogP) is 2.45. The van der Waals surface area contributed by atoms with Crippen LogP contribution in [0.3, 0.4) is 0 Å². The largest absolute Gasteiger partial charge is 0.478 e. The molecule has 0 saturated heterocycles. The van der Waals surface area contributed by atoms with E-state index in [1.807, 2.05) is 17.9 Å². The first kappa shape index (κ1) is 13.1. The lowest BCUT2D eigenvalue weighted by molar-refractivity contribution is -0.384. The van der Waals surface area contributed by atoms with Crippen LogP contribution in [0.4, 0.5) is 11.4 Å². The Labute approximate surface area is 110 Å². The summed E-state index contributed by atoms with van der Waals surface area (Å²) in [5.41, 5.74) is 1.66. The van der Waals surface area contributed by atoms with Crippen molar-refractivity contribution in [1.82, 2.24) is 0 Å². The number of aromatic carboxylic acids is 1. The number of nitro benzene ring substituents is 1. The second-order valence-electron chi connectivity index (χ2n) is 4.51. The van der Waals surface area contributed by atoms with Gasteiger partial charge >= 0.3 is 5.97 Å². The Morgan fingerprint density at radius 3 is 2.74 bits per heavy atom. The molecule has 0 spiro atoms. The highest BCUT2D eigenvalue weighted by Crippen LogP contribution is 2.28. The SMILES string of the molecule is CC1=CCN(c2cc([N+](=O)[O-])ccc2C(=O)O)CC1. The van der Waals surface area contributed by atoms with Gasteiger partial charge < -0.3 is 10.0 Å². The fraction of sp³-hybridized carbons (Fsp3) is 0.308. The molecule has 0 aromatic heterocycles. The number of rotatable bonds is 3. The Bertz CT molecular complexity index is 566. The van der Waals surface area contributed by atoms with E-state index in [9.17, 15) is 14.9 Å². The average Bonchev–Trinajstić information content (AvgIpc) is 2.38. The minimum absolute atomic E-state index is 0.0914. The molecule has 0 aliphatic carbocycles. The molecule has 1 aromatic rings. The lowest BCUT2D eigenvalue weighted by Crippen LogP contribution is -2.29. The van der Waals surface area contributed by atoms with E-state index in [1.54, 1.807) is 0 Å². The van der Waals surface area contributed by atoms with Crippen LogP contribution in [-0.4, -0.2) is 29.1 Å². The van der Waals surface area contributed by atoms with Crippen molar-refractivity contribution in [3.05, 3.63) is 45.5 Å². The van der Waals surface area contributed by atoms with Crippen molar-refractivity contribution < 1.29 is 14.8 Å². The summed E-state index contributed by atoms with van der Waals surface area (Å²) in [5, 5.41) is 20.0. The number of hydrogen-bond donors (Lipinski definition) is 1. The molecular weight excluding hydrogens is 248 g/mol. The molecule has 1 aromatic carbocycles. The lowest BCUT2D eigenvalue weighted by Gasteiger charge is -2.28. The third-order valence-electron chi connectivity index (χ3n) is 3.20. The van der Waals surface area contributed by atoms with E-state index < -0.39 is 10.9 Å². The molecule has 0 radical (unpaired) electrons. The average molecular weight is 262 g/mol. The highest BCUT2D eigenvalue weighted by atomic mass is 16.6. The van der Waals surface area contributed by atoms with Gasteiger partial charge in [-0.2, -0.15) is 0 Å². The standard InChI is InChI=1S/C13H14N2O4/c1-9-4-6-14(7-5-9)12-8-10(15(18)19)2-3-11(12)13(16)17/h2-4,8H,5-7H2,1H3,(H,16,17). The molecule has 1 aliphatic rings. The molecule has 2 rings (SSSR count). The fourth-order valence-electron chi connectivity index (χ4n) is 2.07. The molecule has 0 amide bonds. The number of carboxylic acids is 1. The van der Waals surface area contributed by atoms with Crippen molar-refractivity contribution in [3.8, 4) is 0 Å². The third-order valence-corrected chi connectivity index (χ3v) is 3.20. The summed E-state index contributed by atoms with van der Waals surface area (Å²) < 4.78 is 0. The van der Waals surface area contributed by atoms with Crippen molar-refractivity contribution in [3.63, 3.8) is 0 Å². The molecule has 100 valence electrons. The van der Waals surface area contributed by atoms with Gasteiger partial charge in [-0.1, -0.05) is 11.6 Å². The molecule has 0 atom stereocenters. The van der Waals surface area contributed by atoms with Crippen LogP contribution in [0.5, 0.6) is 0 Å². The van der Waals surface area contributed by atoms with Crippen molar-refractivity contribution in [1.29, 1.82) is 0 Å². The van der Waals surface area contributed by atoms with Gasteiger partial charge in [0.1, 0.15) is 0 Å². The number of carboxylic acid groups (broad SMARTS) is 1. The molecular formula is C13H14N2O4. The second kappa shape index (κ2) is 5.09. The van der Waals surface area contributed by atoms with E-state index in [0.717, 1.165) is 6.42 Å². The fourth-order valence-corrected chi connectivity index (χ4v) is 2.07. The van der Waals surface area contributed by atoms with E-state index in [1.165, 1.54) is 23.8 Å². The van der Waals surface area contributed by atoms with Gasteiger partial charge in [0.05, 0.1) is 16.2 Å². The van der Waals surface area contributed by atoms with E-state index in [4.69, 9.17) is 5.11 Å². The number of anilines is 1. The van der Waals surface area contributed by atoms with Gasteiger partial charge in [0.2, 0.25) is 0 Å². The third kappa shape index (κ3) is 2.73. The van der Waals surface area contributed by atoms with Gasteiger partial charge in [-0.15, -0.1) is 0 Å². The molecule has 0 fully saturated rings. The van der Waals surface area contributed by atoms with Gasteiger partial charge in [0.15, 0.2) is 0 Å². The molecule has 0 unspecified atom stereocenters. The van der Waals surface area contributed by atoms with Gasteiger partial charge in [0.25, 0.3) is 5.69 Å². The van der Waals surface area contributed by atoms with Crippen molar-refractivity contribution >= 4 is 17.3 Å². The van der Waals surface area contributed by atoms with E-state index in [2.05, 4.69) is 0 Å². The van der Waals surface area contributed by atoms with Crippen LogP contribution in [0.15, 0.2) is 29.8 Å². The van der Waals surface area contributed by atoms with Gasteiger partial charge in [-0.05, 0) is 19.4 Å². The number of carbonyl (C=O) groups is 1. The Hall–Kier alpha value is -2.37. The van der Waals surface area contributed by atoms with Crippen LogP contribution in [0.25, 0.3) is 0 Å². The second-order valence-corrected chi connectivity index (χ2v) is 4.51. The van der Waals surface area contributed by atoms with Gasteiger partial charge in [0, 0.05) is 25.2 Å². The first-order valence-electron chi connectivity index (χ1n) is 5.91. The molecule has 1 aliphatic heterocycles. The van der Waals surface area contributed by atoms with Crippen LogP contribution in [-0.2, 0) is 0 Å². The zero-order chi connectivity index (χ0) is 14.0. The lowest BCUT2D eigenvalue weighted by atomic mass is 10.1. The summed E-state index contributed by atoms with van der Waals surface area (Å²) in [6.07, 6.45) is 2.84. The summed E-state index contributed by atoms with van der Waals surface area (Å²) in [5.74, 6) is -1.07. The molecule has 6 nitrogen and oxygen atoms in total. The van der Waals surface area contributed by atoms with Crippen molar-refractivity contribution in [2.75, 3.05) is 18.0 Å². The maximum atomic E-state index is 11.2. The van der Waals surface area contributed by atoms with Crippen LogP contribution >= 0.6 is 0 Å². The zero-order valence-electron chi connectivity index (χ0n) is 10.5. The van der Waals surface area contributed by atoms with Crippen LogP contribution in [0, 0.1) is 10.1 Å². The van der Waals surface area contributed by atoms with Crippen LogP contribution in [0.1, 0.15) is 23.7 Å². The molecule has 1 N–H and O–H groups in total. The Morgan fingerprint density at radius 1 is 1.47 bits per heavy atom. The quantitative estimate of drug-likeness (QED) is 0.514. The molecule has 1 heterocycles. The van der Waals surface area contributed by atoms with Crippen molar-refractivity contribution in [2.24, 2.45) is 0 Å².